The highest BCUT2D eigenvalue weighted by Crippen LogP contribution is 2.36. The van der Waals surface area contributed by atoms with Gasteiger partial charge in [0.05, 0.1) is 27.1 Å². The lowest BCUT2D eigenvalue weighted by atomic mass is 10.1. The number of halogens is 4. The van der Waals surface area contributed by atoms with E-state index in [1.807, 2.05) is 6.07 Å². The molecular formula is C19H18ClF3N2O3S. The second-order valence-corrected chi connectivity index (χ2v) is 8.48. The van der Waals surface area contributed by atoms with Crippen LogP contribution in [0, 0.1) is 11.3 Å². The fourth-order valence-electron chi connectivity index (χ4n) is 2.59. The second kappa shape index (κ2) is 9.59. The van der Waals surface area contributed by atoms with Crippen molar-refractivity contribution in [1.82, 2.24) is 4.31 Å². The highest BCUT2D eigenvalue weighted by Gasteiger charge is 2.35. The van der Waals surface area contributed by atoms with Crippen LogP contribution in [0.15, 0.2) is 47.4 Å². The molecule has 2 aromatic rings. The van der Waals surface area contributed by atoms with Gasteiger partial charge in [0.1, 0.15) is 0 Å². The van der Waals surface area contributed by atoms with E-state index in [4.69, 9.17) is 21.6 Å². The first-order valence-electron chi connectivity index (χ1n) is 8.44. The SMILES string of the molecule is COCCCN(Cc1ccc(C#N)cc1)S(=O)(=O)c1ccc(Cl)c(C(F)(F)F)c1. The topological polar surface area (TPSA) is 70.4 Å². The van der Waals surface area contributed by atoms with Crippen LogP contribution in [0.25, 0.3) is 0 Å². The highest BCUT2D eigenvalue weighted by molar-refractivity contribution is 7.89. The maximum absolute atomic E-state index is 13.1. The smallest absolute Gasteiger partial charge is 0.385 e. The third kappa shape index (κ3) is 5.93. The molecule has 0 aliphatic rings. The molecule has 29 heavy (non-hydrogen) atoms. The molecule has 2 rings (SSSR count). The maximum Gasteiger partial charge on any atom is 0.417 e. The largest absolute Gasteiger partial charge is 0.417 e. The molecule has 0 aliphatic heterocycles. The Morgan fingerprint density at radius 1 is 1.17 bits per heavy atom. The van der Waals surface area contributed by atoms with Crippen LogP contribution in [0.4, 0.5) is 13.2 Å². The van der Waals surface area contributed by atoms with Crippen LogP contribution in [0.2, 0.25) is 5.02 Å². The van der Waals surface area contributed by atoms with E-state index in [1.54, 1.807) is 24.3 Å². The van der Waals surface area contributed by atoms with E-state index >= 15 is 0 Å². The van der Waals surface area contributed by atoms with E-state index in [0.717, 1.165) is 16.4 Å². The molecule has 0 aliphatic carbocycles. The van der Waals surface area contributed by atoms with Gasteiger partial charge >= 0.3 is 6.18 Å². The van der Waals surface area contributed by atoms with Crippen molar-refractivity contribution in [2.45, 2.75) is 24.0 Å². The van der Waals surface area contributed by atoms with Gasteiger partial charge in [0.2, 0.25) is 10.0 Å². The summed E-state index contributed by atoms with van der Waals surface area (Å²) in [6, 6.07) is 10.8. The van der Waals surface area contributed by atoms with Crippen LogP contribution in [0.3, 0.4) is 0 Å². The number of ether oxygens (including phenoxy) is 1. The predicted octanol–water partition coefficient (Wildman–Crippen LogP) is 4.46. The molecule has 0 N–H and O–H groups in total. The first kappa shape index (κ1) is 23.2. The van der Waals surface area contributed by atoms with E-state index < -0.39 is 31.7 Å². The van der Waals surface area contributed by atoms with Gasteiger partial charge in [0.25, 0.3) is 0 Å². The zero-order chi connectivity index (χ0) is 21.7. The molecular weight excluding hydrogens is 429 g/mol. The molecule has 10 heteroatoms. The lowest BCUT2D eigenvalue weighted by Gasteiger charge is -2.23. The Kier molecular flexibility index (Phi) is 7.66. The molecule has 0 amide bonds. The Labute approximate surface area is 172 Å². The second-order valence-electron chi connectivity index (χ2n) is 6.13. The number of nitriles is 1. The zero-order valence-corrected chi connectivity index (χ0v) is 17.0. The number of methoxy groups -OCH3 is 1. The normalized spacial score (nSPS) is 12.2. The average Bonchev–Trinajstić information content (AvgIpc) is 2.67. The van der Waals surface area contributed by atoms with Crippen LogP contribution < -0.4 is 0 Å². The molecule has 0 saturated carbocycles. The Bertz CT molecular complexity index is 987. The zero-order valence-electron chi connectivity index (χ0n) is 15.4. The van der Waals surface area contributed by atoms with Gasteiger partial charge in [-0.2, -0.15) is 22.7 Å². The molecule has 2 aromatic carbocycles. The van der Waals surface area contributed by atoms with Crippen LogP contribution >= 0.6 is 11.6 Å². The van der Waals surface area contributed by atoms with Crippen molar-refractivity contribution in [3.05, 3.63) is 64.2 Å². The van der Waals surface area contributed by atoms with Crippen molar-refractivity contribution >= 4 is 21.6 Å². The van der Waals surface area contributed by atoms with Crippen molar-refractivity contribution in [2.24, 2.45) is 0 Å². The summed E-state index contributed by atoms with van der Waals surface area (Å²) >= 11 is 5.60. The monoisotopic (exact) mass is 446 g/mol. The summed E-state index contributed by atoms with van der Waals surface area (Å²) in [5.41, 5.74) is -0.208. The first-order valence-corrected chi connectivity index (χ1v) is 10.3. The number of alkyl halides is 3. The van der Waals surface area contributed by atoms with Gasteiger partial charge in [-0.25, -0.2) is 8.42 Å². The fraction of sp³-hybridized carbons (Fsp3) is 0.316. The number of rotatable bonds is 8. The molecule has 0 radical (unpaired) electrons. The summed E-state index contributed by atoms with van der Waals surface area (Å²) in [6.07, 6.45) is -4.43. The third-order valence-electron chi connectivity index (χ3n) is 4.08. The third-order valence-corrected chi connectivity index (χ3v) is 6.25. The van der Waals surface area contributed by atoms with Gasteiger partial charge in [-0.05, 0) is 42.3 Å². The van der Waals surface area contributed by atoms with E-state index in [0.29, 0.717) is 23.6 Å². The molecule has 0 spiro atoms. The fourth-order valence-corrected chi connectivity index (χ4v) is 4.31. The van der Waals surface area contributed by atoms with Gasteiger partial charge in [0.15, 0.2) is 0 Å². The molecule has 5 nitrogen and oxygen atoms in total. The lowest BCUT2D eigenvalue weighted by molar-refractivity contribution is -0.137. The summed E-state index contributed by atoms with van der Waals surface area (Å²) in [5, 5.41) is 8.30. The van der Waals surface area contributed by atoms with Gasteiger partial charge in [-0.15, -0.1) is 0 Å². The van der Waals surface area contributed by atoms with E-state index in [1.165, 1.54) is 7.11 Å². The number of hydrogen-bond donors (Lipinski definition) is 0. The molecule has 0 unspecified atom stereocenters. The van der Waals surface area contributed by atoms with E-state index in [9.17, 15) is 21.6 Å². The molecule has 0 bridgehead atoms. The van der Waals surface area contributed by atoms with Gasteiger partial charge in [-0.3, -0.25) is 0 Å². The Balaban J connectivity index is 2.41. The minimum Gasteiger partial charge on any atom is -0.385 e. The molecule has 0 aromatic heterocycles. The lowest BCUT2D eigenvalue weighted by Crippen LogP contribution is -2.32. The van der Waals surface area contributed by atoms with Crippen molar-refractivity contribution in [3.63, 3.8) is 0 Å². The molecule has 0 saturated heterocycles. The van der Waals surface area contributed by atoms with Crippen LogP contribution in [0.5, 0.6) is 0 Å². The predicted molar refractivity (Wildman–Crippen MR) is 102 cm³/mol. The molecule has 0 atom stereocenters. The number of nitrogens with zero attached hydrogens (tertiary/aromatic N) is 2. The van der Waals surface area contributed by atoms with E-state index in [-0.39, 0.29) is 19.7 Å². The standard InChI is InChI=1S/C19H18ClF3N2O3S/c1-28-10-2-9-25(13-15-5-3-14(12-24)4-6-15)29(26,27)16-7-8-18(20)17(11-16)19(21,22)23/h3-8,11H,2,9-10,13H2,1H3. The molecule has 156 valence electrons. The van der Waals surface area contributed by atoms with Crippen molar-refractivity contribution in [1.29, 1.82) is 5.26 Å². The first-order chi connectivity index (χ1) is 13.6. The Morgan fingerprint density at radius 3 is 2.38 bits per heavy atom. The van der Waals surface area contributed by atoms with Crippen LogP contribution in [0.1, 0.15) is 23.1 Å². The Hall–Kier alpha value is -2.12. The average molecular weight is 447 g/mol. The van der Waals surface area contributed by atoms with E-state index in [2.05, 4.69) is 0 Å². The van der Waals surface area contributed by atoms with Gasteiger partial charge in [-0.1, -0.05) is 23.7 Å². The number of benzene rings is 2. The minimum atomic E-state index is -4.78. The van der Waals surface area contributed by atoms with Crippen LogP contribution in [-0.4, -0.2) is 33.0 Å². The summed E-state index contributed by atoms with van der Waals surface area (Å²) in [4.78, 5) is -0.500. The van der Waals surface area contributed by atoms with Crippen LogP contribution in [-0.2, 0) is 27.5 Å². The summed E-state index contributed by atoms with van der Waals surface area (Å²) in [5.74, 6) is 0. The summed E-state index contributed by atoms with van der Waals surface area (Å²) < 4.78 is 71.6. The van der Waals surface area contributed by atoms with Gasteiger partial charge in [0, 0.05) is 26.8 Å². The molecule has 0 fully saturated rings. The molecule has 0 heterocycles. The van der Waals surface area contributed by atoms with Crippen molar-refractivity contribution < 1.29 is 26.3 Å². The number of sulfonamides is 1. The van der Waals surface area contributed by atoms with Crippen molar-refractivity contribution in [2.75, 3.05) is 20.3 Å². The minimum absolute atomic E-state index is 0.0418. The van der Waals surface area contributed by atoms with Gasteiger partial charge < -0.3 is 4.74 Å². The summed E-state index contributed by atoms with van der Waals surface area (Å²) in [7, 11) is -2.77. The highest BCUT2D eigenvalue weighted by atomic mass is 35.5. The number of hydrogen-bond acceptors (Lipinski definition) is 4. The maximum atomic E-state index is 13.1. The summed E-state index contributed by atoms with van der Waals surface area (Å²) in [6.45, 7) is 0.260. The quantitative estimate of drug-likeness (QED) is 0.561. The van der Waals surface area contributed by atoms with Crippen molar-refractivity contribution in [3.8, 4) is 6.07 Å². The Morgan fingerprint density at radius 2 is 1.83 bits per heavy atom.